The van der Waals surface area contributed by atoms with Gasteiger partial charge in [-0.1, -0.05) is 6.07 Å². The number of aromatic nitrogens is 3. The smallest absolute Gasteiger partial charge is 0.423 e. The molecule has 4 rings (SSSR count). The first kappa shape index (κ1) is 15.0. The van der Waals surface area contributed by atoms with E-state index in [-0.39, 0.29) is 0 Å². The van der Waals surface area contributed by atoms with Gasteiger partial charge in [0.1, 0.15) is 5.65 Å². The SMILES string of the molecule is OB(O)c1cc(-c2cc(B(O)O)cn3ccnc23)c2cc[nH]c2c1. The average Bonchev–Trinajstić information content (AvgIpc) is 3.21. The Morgan fingerprint density at radius 1 is 0.958 bits per heavy atom. The number of hydrogen-bond acceptors (Lipinski definition) is 5. The zero-order chi connectivity index (χ0) is 16.8. The molecule has 24 heavy (non-hydrogen) atoms. The fourth-order valence-corrected chi connectivity index (χ4v) is 2.96. The van der Waals surface area contributed by atoms with Crippen molar-refractivity contribution in [2.75, 3.05) is 0 Å². The topological polar surface area (TPSA) is 114 Å². The monoisotopic (exact) mass is 321 g/mol. The Kier molecular flexibility index (Phi) is 3.43. The molecule has 0 spiro atoms. The van der Waals surface area contributed by atoms with Crippen molar-refractivity contribution in [3.63, 3.8) is 0 Å². The van der Waals surface area contributed by atoms with E-state index in [1.165, 1.54) is 0 Å². The van der Waals surface area contributed by atoms with Gasteiger partial charge in [-0.3, -0.25) is 0 Å². The van der Waals surface area contributed by atoms with Gasteiger partial charge in [0.2, 0.25) is 0 Å². The number of fused-ring (bicyclic) bond motifs is 2. The highest BCUT2D eigenvalue weighted by atomic mass is 16.4. The fraction of sp³-hybridized carbons (Fsp3) is 0. The molecule has 0 amide bonds. The van der Waals surface area contributed by atoms with Gasteiger partial charge in [0.25, 0.3) is 0 Å². The van der Waals surface area contributed by atoms with Gasteiger partial charge in [-0.05, 0) is 34.7 Å². The summed E-state index contributed by atoms with van der Waals surface area (Å²) in [5.41, 5.74) is 3.41. The highest BCUT2D eigenvalue weighted by molar-refractivity contribution is 6.59. The molecule has 1 aromatic carbocycles. The van der Waals surface area contributed by atoms with Crippen molar-refractivity contribution >= 4 is 41.7 Å². The summed E-state index contributed by atoms with van der Waals surface area (Å²) < 4.78 is 1.70. The predicted molar refractivity (Wildman–Crippen MR) is 92.1 cm³/mol. The van der Waals surface area contributed by atoms with Crippen molar-refractivity contribution in [3.05, 3.63) is 49.1 Å². The summed E-state index contributed by atoms with van der Waals surface area (Å²) in [4.78, 5) is 7.38. The third-order valence-electron chi connectivity index (χ3n) is 4.09. The third kappa shape index (κ3) is 2.31. The zero-order valence-corrected chi connectivity index (χ0v) is 12.5. The van der Waals surface area contributed by atoms with Crippen LogP contribution < -0.4 is 10.9 Å². The summed E-state index contributed by atoms with van der Waals surface area (Å²) in [5.74, 6) is 0. The first-order chi connectivity index (χ1) is 11.5. The maximum atomic E-state index is 9.55. The minimum absolute atomic E-state index is 0.314. The number of aromatic amines is 1. The number of H-pyrrole nitrogens is 1. The predicted octanol–water partition coefficient (Wildman–Crippen LogP) is -1.16. The standard InChI is InChI=1S/C15H13B2N3O4/c21-16(22)9-5-12(11-1-2-18-14(11)7-9)13-6-10(17(23)24)8-20-4-3-19-15(13)20/h1-8,18,21-24H. The lowest BCUT2D eigenvalue weighted by molar-refractivity contribution is 0.424. The van der Waals surface area contributed by atoms with Crippen LogP contribution in [0.3, 0.4) is 0 Å². The van der Waals surface area contributed by atoms with E-state index >= 15 is 0 Å². The minimum Gasteiger partial charge on any atom is -0.423 e. The minimum atomic E-state index is -1.62. The third-order valence-corrected chi connectivity index (χ3v) is 4.09. The summed E-state index contributed by atoms with van der Waals surface area (Å²) in [6.45, 7) is 0. The molecule has 3 aromatic heterocycles. The second-order valence-corrected chi connectivity index (χ2v) is 5.60. The molecule has 0 unspecified atom stereocenters. The molecular weight excluding hydrogens is 308 g/mol. The van der Waals surface area contributed by atoms with Crippen molar-refractivity contribution in [1.29, 1.82) is 0 Å². The highest BCUT2D eigenvalue weighted by Gasteiger charge is 2.20. The van der Waals surface area contributed by atoms with Crippen molar-refractivity contribution in [2.45, 2.75) is 0 Å². The van der Waals surface area contributed by atoms with Crippen LogP contribution in [0, 0.1) is 0 Å². The Hall–Kier alpha value is -2.58. The van der Waals surface area contributed by atoms with E-state index in [1.807, 2.05) is 6.07 Å². The maximum Gasteiger partial charge on any atom is 0.489 e. The molecule has 0 atom stereocenters. The quantitative estimate of drug-likeness (QED) is 0.306. The van der Waals surface area contributed by atoms with Crippen LogP contribution in [0.1, 0.15) is 0 Å². The van der Waals surface area contributed by atoms with Gasteiger partial charge in [0, 0.05) is 41.3 Å². The van der Waals surface area contributed by atoms with Gasteiger partial charge in [-0.25, -0.2) is 4.98 Å². The second kappa shape index (κ2) is 5.50. The molecule has 7 nitrogen and oxygen atoms in total. The van der Waals surface area contributed by atoms with Gasteiger partial charge in [-0.15, -0.1) is 0 Å². The molecule has 0 radical (unpaired) electrons. The normalized spacial score (nSPS) is 11.3. The Labute approximate surface area is 137 Å². The number of rotatable bonds is 3. The molecule has 118 valence electrons. The summed E-state index contributed by atoms with van der Waals surface area (Å²) in [6.07, 6.45) is 6.68. The van der Waals surface area contributed by atoms with Crippen molar-refractivity contribution < 1.29 is 20.1 Å². The molecule has 5 N–H and O–H groups in total. The first-order valence-electron chi connectivity index (χ1n) is 7.35. The maximum absolute atomic E-state index is 9.55. The summed E-state index contributed by atoms with van der Waals surface area (Å²) in [7, 11) is -3.23. The molecule has 0 bridgehead atoms. The molecule has 0 aliphatic rings. The number of nitrogens with zero attached hydrogens (tertiary/aromatic N) is 2. The number of imidazole rings is 1. The summed E-state index contributed by atoms with van der Waals surface area (Å²) in [6, 6.07) is 6.84. The lowest BCUT2D eigenvalue weighted by atomic mass is 9.77. The average molecular weight is 321 g/mol. The molecule has 0 saturated carbocycles. The lowest BCUT2D eigenvalue weighted by Gasteiger charge is -2.11. The molecule has 0 fully saturated rings. The van der Waals surface area contributed by atoms with E-state index in [4.69, 9.17) is 0 Å². The molecule has 4 aromatic rings. The van der Waals surface area contributed by atoms with E-state index in [9.17, 15) is 20.1 Å². The van der Waals surface area contributed by atoms with Crippen molar-refractivity contribution in [3.8, 4) is 11.1 Å². The van der Waals surface area contributed by atoms with Crippen LogP contribution >= 0.6 is 0 Å². The van der Waals surface area contributed by atoms with Gasteiger partial charge in [0.15, 0.2) is 0 Å². The zero-order valence-electron chi connectivity index (χ0n) is 12.5. The molecule has 0 aliphatic carbocycles. The van der Waals surface area contributed by atoms with Gasteiger partial charge < -0.3 is 29.5 Å². The molecule has 9 heteroatoms. The number of pyridine rings is 1. The second-order valence-electron chi connectivity index (χ2n) is 5.60. The van der Waals surface area contributed by atoms with Crippen LogP contribution in [-0.2, 0) is 0 Å². The van der Waals surface area contributed by atoms with Crippen LogP contribution in [0.2, 0.25) is 0 Å². The van der Waals surface area contributed by atoms with Crippen LogP contribution in [0.4, 0.5) is 0 Å². The van der Waals surface area contributed by atoms with Gasteiger partial charge in [-0.2, -0.15) is 0 Å². The molecular formula is C15H13B2N3O4. The Bertz CT molecular complexity index is 958. The largest absolute Gasteiger partial charge is 0.489 e. The van der Waals surface area contributed by atoms with Gasteiger partial charge >= 0.3 is 14.2 Å². The Balaban J connectivity index is 2.08. The van der Waals surface area contributed by atoms with E-state index in [2.05, 4.69) is 9.97 Å². The first-order valence-corrected chi connectivity index (χ1v) is 7.35. The Morgan fingerprint density at radius 3 is 2.46 bits per heavy atom. The molecule has 3 heterocycles. The summed E-state index contributed by atoms with van der Waals surface area (Å²) in [5, 5.41) is 39.1. The van der Waals surface area contributed by atoms with Crippen LogP contribution in [0.25, 0.3) is 27.7 Å². The van der Waals surface area contributed by atoms with E-state index in [0.29, 0.717) is 22.1 Å². The van der Waals surface area contributed by atoms with E-state index < -0.39 is 14.2 Å². The van der Waals surface area contributed by atoms with Crippen LogP contribution in [0.5, 0.6) is 0 Å². The lowest BCUT2D eigenvalue weighted by Crippen LogP contribution is -2.31. The molecule has 0 saturated heterocycles. The number of nitrogens with one attached hydrogen (secondary N) is 1. The van der Waals surface area contributed by atoms with Crippen molar-refractivity contribution in [1.82, 2.24) is 14.4 Å². The van der Waals surface area contributed by atoms with Crippen molar-refractivity contribution in [2.24, 2.45) is 0 Å². The Morgan fingerprint density at radius 2 is 1.71 bits per heavy atom. The highest BCUT2D eigenvalue weighted by Crippen LogP contribution is 2.29. The number of hydrogen-bond donors (Lipinski definition) is 5. The van der Waals surface area contributed by atoms with Crippen LogP contribution in [-0.4, -0.2) is 48.7 Å². The fourth-order valence-electron chi connectivity index (χ4n) is 2.96. The van der Waals surface area contributed by atoms with E-state index in [1.54, 1.807) is 47.4 Å². The summed E-state index contributed by atoms with van der Waals surface area (Å²) >= 11 is 0. The number of benzene rings is 1. The van der Waals surface area contributed by atoms with E-state index in [0.717, 1.165) is 16.5 Å². The molecule has 0 aliphatic heterocycles. The van der Waals surface area contributed by atoms with Gasteiger partial charge in [0.05, 0.1) is 0 Å². The van der Waals surface area contributed by atoms with Crippen LogP contribution in [0.15, 0.2) is 49.1 Å².